The van der Waals surface area contributed by atoms with Crippen molar-refractivity contribution >= 4 is 16.0 Å². The summed E-state index contributed by atoms with van der Waals surface area (Å²) < 4.78 is 29.3. The Bertz CT molecular complexity index is 324. The fourth-order valence-electron chi connectivity index (χ4n) is 1.40. The van der Waals surface area contributed by atoms with Crippen LogP contribution in [0.5, 0.6) is 0 Å². The van der Waals surface area contributed by atoms with Gasteiger partial charge in [0.2, 0.25) is 5.91 Å². The van der Waals surface area contributed by atoms with Gasteiger partial charge in [0.1, 0.15) is 0 Å². The van der Waals surface area contributed by atoms with E-state index in [1.807, 2.05) is 0 Å². The molecule has 0 aliphatic rings. The van der Waals surface area contributed by atoms with Crippen LogP contribution in [-0.2, 0) is 14.9 Å². The third-order valence-electron chi connectivity index (χ3n) is 2.31. The molecule has 0 radical (unpaired) electrons. The third-order valence-corrected chi connectivity index (χ3v) is 3.12. The number of hydrogen-bond donors (Lipinski definition) is 2. The molecule has 2 N–H and O–H groups in total. The van der Waals surface area contributed by atoms with Crippen LogP contribution in [0.25, 0.3) is 0 Å². The molecular weight excluding hydrogens is 242 g/mol. The van der Waals surface area contributed by atoms with Crippen LogP contribution in [0, 0.1) is 0 Å². The van der Waals surface area contributed by atoms with Crippen molar-refractivity contribution in [2.24, 2.45) is 0 Å². The second kappa shape index (κ2) is 9.18. The molecule has 0 saturated carbocycles. The zero-order valence-corrected chi connectivity index (χ0v) is 10.8. The molecule has 1 amide bonds. The SMILES string of the molecule is C=CC(=O)NCCCCCCCCS(=O)(=O)O. The highest BCUT2D eigenvalue weighted by molar-refractivity contribution is 7.85. The molecule has 0 atom stereocenters. The summed E-state index contributed by atoms with van der Waals surface area (Å²) in [6.07, 6.45) is 6.43. The first kappa shape index (κ1) is 16.1. The van der Waals surface area contributed by atoms with Gasteiger partial charge >= 0.3 is 0 Å². The molecule has 0 saturated heterocycles. The smallest absolute Gasteiger partial charge is 0.264 e. The number of carbonyl (C=O) groups excluding carboxylic acids is 1. The van der Waals surface area contributed by atoms with Gasteiger partial charge in [-0.3, -0.25) is 9.35 Å². The van der Waals surface area contributed by atoms with E-state index in [4.69, 9.17) is 4.55 Å². The van der Waals surface area contributed by atoms with Gasteiger partial charge in [0, 0.05) is 6.54 Å². The Morgan fingerprint density at radius 3 is 2.18 bits per heavy atom. The van der Waals surface area contributed by atoms with Gasteiger partial charge in [-0.1, -0.05) is 32.3 Å². The van der Waals surface area contributed by atoms with E-state index in [9.17, 15) is 13.2 Å². The van der Waals surface area contributed by atoms with E-state index in [-0.39, 0.29) is 11.7 Å². The van der Waals surface area contributed by atoms with Crippen LogP contribution in [0.15, 0.2) is 12.7 Å². The third kappa shape index (κ3) is 13.1. The van der Waals surface area contributed by atoms with E-state index in [1.165, 1.54) is 6.08 Å². The van der Waals surface area contributed by atoms with Crippen LogP contribution in [0.1, 0.15) is 38.5 Å². The fraction of sp³-hybridized carbons (Fsp3) is 0.727. The molecule has 0 fully saturated rings. The number of carbonyl (C=O) groups is 1. The summed E-state index contributed by atoms with van der Waals surface area (Å²) in [4.78, 5) is 10.8. The van der Waals surface area contributed by atoms with E-state index < -0.39 is 10.1 Å². The zero-order valence-electron chi connectivity index (χ0n) is 10.0. The minimum Gasteiger partial charge on any atom is -0.353 e. The van der Waals surface area contributed by atoms with Gasteiger partial charge in [0.15, 0.2) is 0 Å². The van der Waals surface area contributed by atoms with Gasteiger partial charge < -0.3 is 5.32 Å². The van der Waals surface area contributed by atoms with Crippen molar-refractivity contribution < 1.29 is 17.8 Å². The van der Waals surface area contributed by atoms with Crippen molar-refractivity contribution in [3.05, 3.63) is 12.7 Å². The van der Waals surface area contributed by atoms with Crippen molar-refractivity contribution in [3.8, 4) is 0 Å². The van der Waals surface area contributed by atoms with Gasteiger partial charge in [-0.25, -0.2) is 0 Å². The average molecular weight is 263 g/mol. The lowest BCUT2D eigenvalue weighted by atomic mass is 10.1. The second-order valence-corrected chi connectivity index (χ2v) is 5.47. The van der Waals surface area contributed by atoms with E-state index >= 15 is 0 Å². The highest BCUT2D eigenvalue weighted by Crippen LogP contribution is 2.05. The molecule has 0 unspecified atom stereocenters. The number of rotatable bonds is 10. The number of unbranched alkanes of at least 4 members (excludes halogenated alkanes) is 5. The van der Waals surface area contributed by atoms with Crippen molar-refractivity contribution in [1.82, 2.24) is 5.32 Å². The Balaban J connectivity index is 3.19. The first-order valence-electron chi connectivity index (χ1n) is 5.81. The van der Waals surface area contributed by atoms with Gasteiger partial charge in [0.05, 0.1) is 5.75 Å². The van der Waals surface area contributed by atoms with Gasteiger partial charge in [-0.2, -0.15) is 8.42 Å². The molecule has 17 heavy (non-hydrogen) atoms. The molecule has 0 spiro atoms. The van der Waals surface area contributed by atoms with Gasteiger partial charge in [0.25, 0.3) is 10.1 Å². The number of amides is 1. The van der Waals surface area contributed by atoms with Crippen LogP contribution in [0.2, 0.25) is 0 Å². The maximum atomic E-state index is 10.8. The summed E-state index contributed by atoms with van der Waals surface area (Å²) in [6, 6.07) is 0. The quantitative estimate of drug-likeness (QED) is 0.355. The standard InChI is InChI=1S/C11H21NO4S/c1-2-11(13)12-9-7-5-3-4-6-8-10-17(14,15)16/h2H,1,3-10H2,(H,12,13)(H,14,15,16). The van der Waals surface area contributed by atoms with Crippen LogP contribution < -0.4 is 5.32 Å². The number of hydrogen-bond acceptors (Lipinski definition) is 3. The number of nitrogens with one attached hydrogen (secondary N) is 1. The Morgan fingerprint density at radius 1 is 1.12 bits per heavy atom. The van der Waals surface area contributed by atoms with Gasteiger partial charge in [-0.05, 0) is 18.9 Å². The molecule has 6 heteroatoms. The Labute approximate surface area is 103 Å². The van der Waals surface area contributed by atoms with Crippen molar-refractivity contribution in [3.63, 3.8) is 0 Å². The van der Waals surface area contributed by atoms with Crippen molar-refractivity contribution in [2.75, 3.05) is 12.3 Å². The Kier molecular flexibility index (Phi) is 8.71. The minimum absolute atomic E-state index is 0.150. The normalized spacial score (nSPS) is 11.1. The predicted octanol–water partition coefficient (Wildman–Crippen LogP) is 1.52. The molecule has 5 nitrogen and oxygen atoms in total. The fourth-order valence-corrected chi connectivity index (χ4v) is 1.97. The predicted molar refractivity (Wildman–Crippen MR) is 67.3 cm³/mol. The molecule has 0 aromatic rings. The van der Waals surface area contributed by atoms with Gasteiger partial charge in [-0.15, -0.1) is 0 Å². The summed E-state index contributed by atoms with van der Waals surface area (Å²) in [5.41, 5.74) is 0. The Morgan fingerprint density at radius 2 is 1.65 bits per heavy atom. The Hall–Kier alpha value is -0.880. The largest absolute Gasteiger partial charge is 0.353 e. The van der Waals surface area contributed by atoms with E-state index in [1.54, 1.807) is 0 Å². The molecular formula is C11H21NO4S. The molecule has 0 aromatic carbocycles. The zero-order chi connectivity index (χ0) is 13.1. The van der Waals surface area contributed by atoms with E-state index in [0.29, 0.717) is 13.0 Å². The first-order valence-corrected chi connectivity index (χ1v) is 7.42. The van der Waals surface area contributed by atoms with Crippen molar-refractivity contribution in [1.29, 1.82) is 0 Å². The minimum atomic E-state index is -3.79. The summed E-state index contributed by atoms with van der Waals surface area (Å²) in [6.45, 7) is 4.00. The van der Waals surface area contributed by atoms with Crippen LogP contribution in [0.3, 0.4) is 0 Å². The maximum absolute atomic E-state index is 10.8. The van der Waals surface area contributed by atoms with Crippen LogP contribution in [0.4, 0.5) is 0 Å². The monoisotopic (exact) mass is 263 g/mol. The molecule has 0 aliphatic carbocycles. The molecule has 0 aromatic heterocycles. The topological polar surface area (TPSA) is 83.5 Å². The lowest BCUT2D eigenvalue weighted by Gasteiger charge is -2.02. The summed E-state index contributed by atoms with van der Waals surface area (Å²) >= 11 is 0. The summed E-state index contributed by atoms with van der Waals surface area (Å²) in [5.74, 6) is -0.305. The van der Waals surface area contributed by atoms with E-state index in [0.717, 1.165) is 32.1 Å². The summed E-state index contributed by atoms with van der Waals surface area (Å²) in [5, 5.41) is 2.68. The average Bonchev–Trinajstić information content (AvgIpc) is 2.25. The molecule has 100 valence electrons. The lowest BCUT2D eigenvalue weighted by Crippen LogP contribution is -2.21. The molecule has 0 aliphatic heterocycles. The highest BCUT2D eigenvalue weighted by Gasteiger charge is 2.02. The highest BCUT2D eigenvalue weighted by atomic mass is 32.2. The van der Waals surface area contributed by atoms with Crippen LogP contribution >= 0.6 is 0 Å². The van der Waals surface area contributed by atoms with Crippen molar-refractivity contribution in [2.45, 2.75) is 38.5 Å². The second-order valence-electron chi connectivity index (χ2n) is 3.90. The molecule has 0 heterocycles. The molecule has 0 rings (SSSR count). The molecule has 0 bridgehead atoms. The maximum Gasteiger partial charge on any atom is 0.264 e. The first-order chi connectivity index (χ1) is 7.95. The lowest BCUT2D eigenvalue weighted by molar-refractivity contribution is -0.116. The summed E-state index contributed by atoms with van der Waals surface area (Å²) in [7, 11) is -3.79. The van der Waals surface area contributed by atoms with E-state index in [2.05, 4.69) is 11.9 Å². The van der Waals surface area contributed by atoms with Crippen LogP contribution in [-0.4, -0.2) is 31.2 Å².